The molecule has 0 bridgehead atoms. The van der Waals surface area contributed by atoms with E-state index in [1.807, 2.05) is 0 Å². The lowest BCUT2D eigenvalue weighted by Gasteiger charge is -2.31. The van der Waals surface area contributed by atoms with Gasteiger partial charge in [-0.05, 0) is 13.0 Å². The average molecular weight is 620 g/mol. The number of alkyl halides is 5. The van der Waals surface area contributed by atoms with Crippen molar-refractivity contribution in [2.75, 3.05) is 13.1 Å². The molecule has 0 spiro atoms. The molecule has 0 saturated carbocycles. The van der Waals surface area contributed by atoms with E-state index in [0.29, 0.717) is 6.92 Å². The molecule has 1 amide bonds. The first-order chi connectivity index (χ1) is 17.6. The number of piperidine rings is 1. The van der Waals surface area contributed by atoms with Gasteiger partial charge in [-0.3, -0.25) is 4.79 Å². The van der Waals surface area contributed by atoms with Gasteiger partial charge in [0.15, 0.2) is 5.01 Å². The van der Waals surface area contributed by atoms with Gasteiger partial charge in [-0.15, -0.1) is 21.5 Å². The minimum absolute atomic E-state index is 0.0217. The van der Waals surface area contributed by atoms with Crippen molar-refractivity contribution >= 4 is 50.5 Å². The highest BCUT2D eigenvalue weighted by Gasteiger charge is 2.40. The number of rotatable bonds is 6. The van der Waals surface area contributed by atoms with Crippen molar-refractivity contribution in [2.45, 2.75) is 42.8 Å². The Morgan fingerprint density at radius 1 is 1.21 bits per heavy atom. The molecule has 1 aromatic carbocycles. The third-order valence-corrected chi connectivity index (χ3v) is 9.21. The maximum absolute atomic E-state index is 13.6. The van der Waals surface area contributed by atoms with Crippen LogP contribution in [0.15, 0.2) is 27.8 Å². The summed E-state index contributed by atoms with van der Waals surface area (Å²) in [5, 5.41) is 6.35. The van der Waals surface area contributed by atoms with Crippen LogP contribution in [0.4, 0.5) is 22.0 Å². The smallest absolute Gasteiger partial charge is 0.404 e. The molecule has 206 valence electrons. The molecule has 0 unspecified atom stereocenters. The topological polar surface area (TPSA) is 118 Å². The van der Waals surface area contributed by atoms with E-state index in [2.05, 4.69) is 15.2 Å². The summed E-state index contributed by atoms with van der Waals surface area (Å²) in [7, 11) is -4.76. The Hall–Kier alpha value is -2.40. The third kappa shape index (κ3) is 5.78. The summed E-state index contributed by atoms with van der Waals surface area (Å²) in [5.74, 6) is -3.68. The summed E-state index contributed by atoms with van der Waals surface area (Å²) in [6.45, 7) is 0.132. The van der Waals surface area contributed by atoms with Gasteiger partial charge < -0.3 is 9.32 Å². The van der Waals surface area contributed by atoms with E-state index in [1.165, 1.54) is 9.62 Å². The van der Waals surface area contributed by atoms with Gasteiger partial charge in [-0.2, -0.15) is 17.9 Å². The molecule has 0 aliphatic carbocycles. The zero-order valence-electron chi connectivity index (χ0n) is 19.0. The van der Waals surface area contributed by atoms with Crippen LogP contribution in [-0.2, 0) is 10.0 Å². The van der Waals surface area contributed by atoms with Crippen molar-refractivity contribution in [2.24, 2.45) is 0 Å². The van der Waals surface area contributed by atoms with E-state index < -0.39 is 61.9 Å². The molecular weight excluding hydrogens is 604 g/mol. The summed E-state index contributed by atoms with van der Waals surface area (Å²) in [6.07, 6.45) is -4.93. The monoisotopic (exact) mass is 619 g/mol. The van der Waals surface area contributed by atoms with Crippen molar-refractivity contribution in [1.82, 2.24) is 24.8 Å². The van der Waals surface area contributed by atoms with E-state index in [4.69, 9.17) is 27.6 Å². The minimum atomic E-state index is -4.86. The molecule has 1 fully saturated rings. The van der Waals surface area contributed by atoms with E-state index >= 15 is 0 Å². The van der Waals surface area contributed by atoms with E-state index in [-0.39, 0.29) is 40.1 Å². The second-order valence-corrected chi connectivity index (χ2v) is 11.6. The van der Waals surface area contributed by atoms with Gasteiger partial charge in [-0.1, -0.05) is 29.3 Å². The van der Waals surface area contributed by atoms with Crippen LogP contribution in [0, 0.1) is 0 Å². The Morgan fingerprint density at radius 3 is 2.45 bits per heavy atom. The highest BCUT2D eigenvalue weighted by Crippen LogP contribution is 2.43. The number of nitrogens with zero attached hydrogens (tertiary/aromatic N) is 4. The average Bonchev–Trinajstić information content (AvgIpc) is 3.49. The number of thiazole rings is 1. The van der Waals surface area contributed by atoms with Crippen LogP contribution in [0.2, 0.25) is 10.0 Å². The fourth-order valence-corrected chi connectivity index (χ4v) is 6.64. The number of hydrogen-bond donors (Lipinski definition) is 1. The van der Waals surface area contributed by atoms with Gasteiger partial charge in [-0.25, -0.2) is 22.2 Å². The van der Waals surface area contributed by atoms with Crippen LogP contribution in [0.1, 0.15) is 30.3 Å². The number of hydrogen-bond acceptors (Lipinski definition) is 8. The van der Waals surface area contributed by atoms with Crippen molar-refractivity contribution < 1.29 is 39.6 Å². The fourth-order valence-electron chi connectivity index (χ4n) is 3.47. The summed E-state index contributed by atoms with van der Waals surface area (Å²) in [4.78, 5) is 18.1. The zero-order valence-corrected chi connectivity index (χ0v) is 22.2. The first-order valence-corrected chi connectivity index (χ1v) is 13.7. The maximum Gasteiger partial charge on any atom is 0.404 e. The van der Waals surface area contributed by atoms with Crippen LogP contribution >= 0.6 is 34.5 Å². The number of carbonyl (C=O) groups is 1. The lowest BCUT2D eigenvalue weighted by atomic mass is 10.1. The Balaban J connectivity index is 1.76. The fraction of sp³-hybridized carbons (Fsp3) is 0.400. The standard InChI is InChI=1S/C20H16Cl2F5N5O4S2/c1-9(20(25,26)27)31-38(34,35)11-3-2-10(12(21)13(11)22)15-14(29-17(37-15)16-30-28-8-36-16)18(33)32-6-4-19(23,24)5-7-32/h2-3,8-9,31H,4-7H2,1H3/t9-/m0/s1. The van der Waals surface area contributed by atoms with Crippen LogP contribution in [0.25, 0.3) is 21.3 Å². The van der Waals surface area contributed by atoms with Gasteiger partial charge in [0, 0.05) is 31.5 Å². The van der Waals surface area contributed by atoms with E-state index in [0.717, 1.165) is 29.9 Å². The highest BCUT2D eigenvalue weighted by molar-refractivity contribution is 7.89. The minimum Gasteiger partial charge on any atom is -0.422 e. The van der Waals surface area contributed by atoms with E-state index in [1.54, 1.807) is 0 Å². The quantitative estimate of drug-likeness (QED) is 0.374. The number of nitrogens with one attached hydrogen (secondary N) is 1. The lowest BCUT2D eigenvalue weighted by Crippen LogP contribution is -2.43. The number of benzene rings is 1. The van der Waals surface area contributed by atoms with Gasteiger partial charge in [0.2, 0.25) is 16.4 Å². The molecule has 1 atom stereocenters. The Kier molecular flexibility index (Phi) is 7.75. The van der Waals surface area contributed by atoms with Crippen molar-refractivity contribution in [3.8, 4) is 21.3 Å². The summed E-state index contributed by atoms with van der Waals surface area (Å²) in [6, 6.07) is -0.342. The second-order valence-electron chi connectivity index (χ2n) is 8.21. The summed E-state index contributed by atoms with van der Waals surface area (Å²) >= 11 is 13.4. The first-order valence-electron chi connectivity index (χ1n) is 10.6. The number of carbonyl (C=O) groups excluding carboxylic acids is 1. The molecule has 1 aliphatic rings. The highest BCUT2D eigenvalue weighted by atomic mass is 35.5. The van der Waals surface area contributed by atoms with Crippen LogP contribution < -0.4 is 4.72 Å². The zero-order chi connectivity index (χ0) is 28.0. The van der Waals surface area contributed by atoms with Gasteiger partial charge in [0.05, 0.1) is 14.9 Å². The van der Waals surface area contributed by atoms with Crippen molar-refractivity contribution in [1.29, 1.82) is 0 Å². The van der Waals surface area contributed by atoms with Crippen molar-refractivity contribution in [3.63, 3.8) is 0 Å². The number of likely N-dealkylation sites (tertiary alicyclic amines) is 1. The number of aromatic nitrogens is 3. The second kappa shape index (κ2) is 10.3. The molecule has 0 radical (unpaired) electrons. The Labute approximate surface area is 226 Å². The van der Waals surface area contributed by atoms with Crippen LogP contribution in [-0.4, -0.2) is 65.6 Å². The van der Waals surface area contributed by atoms with Gasteiger partial charge in [0.25, 0.3) is 17.7 Å². The molecule has 1 saturated heterocycles. The van der Waals surface area contributed by atoms with Crippen LogP contribution in [0.5, 0.6) is 0 Å². The Bertz CT molecular complexity index is 1450. The predicted molar refractivity (Wildman–Crippen MR) is 127 cm³/mol. The predicted octanol–water partition coefficient (Wildman–Crippen LogP) is 5.27. The molecule has 38 heavy (non-hydrogen) atoms. The molecule has 3 heterocycles. The van der Waals surface area contributed by atoms with Crippen LogP contribution in [0.3, 0.4) is 0 Å². The lowest BCUT2D eigenvalue weighted by molar-refractivity contribution is -0.147. The Morgan fingerprint density at radius 2 is 1.87 bits per heavy atom. The molecule has 9 nitrogen and oxygen atoms in total. The molecule has 2 aromatic heterocycles. The molecule has 1 aliphatic heterocycles. The van der Waals surface area contributed by atoms with E-state index in [9.17, 15) is 35.2 Å². The van der Waals surface area contributed by atoms with Crippen molar-refractivity contribution in [3.05, 3.63) is 34.3 Å². The van der Waals surface area contributed by atoms with Gasteiger partial charge >= 0.3 is 6.18 Å². The summed E-state index contributed by atoms with van der Waals surface area (Å²) < 4.78 is 97.8. The van der Waals surface area contributed by atoms with Gasteiger partial charge in [0.1, 0.15) is 16.6 Å². The number of amides is 1. The molecule has 4 rings (SSSR count). The maximum atomic E-state index is 13.6. The molecule has 18 heteroatoms. The largest absolute Gasteiger partial charge is 0.422 e. The third-order valence-electron chi connectivity index (χ3n) is 5.56. The number of sulfonamides is 1. The summed E-state index contributed by atoms with van der Waals surface area (Å²) in [5.41, 5.74) is -0.195. The number of halogens is 7. The normalized spacial score (nSPS) is 17.0. The first kappa shape index (κ1) is 28.6. The SMILES string of the molecule is C[C@H](NS(=O)(=O)c1ccc(-c2sc(-c3nnco3)nc2C(=O)N2CCC(F)(F)CC2)c(Cl)c1Cl)C(F)(F)F. The molecular formula is C20H16Cl2F5N5O4S2. The molecule has 1 N–H and O–H groups in total. The molecule has 3 aromatic rings.